The first-order chi connectivity index (χ1) is 12.2. The lowest BCUT2D eigenvalue weighted by Crippen LogP contribution is -2.37. The van der Waals surface area contributed by atoms with Crippen LogP contribution >= 0.6 is 11.6 Å². The smallest absolute Gasteiger partial charge is 0.325 e. The van der Waals surface area contributed by atoms with Gasteiger partial charge in [-0.2, -0.15) is 8.42 Å². The lowest BCUT2D eigenvalue weighted by atomic mass is 10.0. The molecule has 0 radical (unpaired) electrons. The van der Waals surface area contributed by atoms with Gasteiger partial charge in [-0.25, -0.2) is 0 Å². The molecule has 2 rings (SSSR count). The van der Waals surface area contributed by atoms with Crippen molar-refractivity contribution in [3.8, 4) is 0 Å². The number of oxime groups is 1. The lowest BCUT2D eigenvalue weighted by molar-refractivity contribution is -0.114. The van der Waals surface area contributed by atoms with Crippen molar-refractivity contribution >= 4 is 45.2 Å². The van der Waals surface area contributed by atoms with Gasteiger partial charge in [0, 0.05) is 28.6 Å². The molecular formula is C16H15ClN4O4S. The highest BCUT2D eigenvalue weighted by molar-refractivity contribution is 7.85. The second kappa shape index (κ2) is 8.45. The summed E-state index contributed by atoms with van der Waals surface area (Å²) in [7, 11) is -3.84. The predicted molar refractivity (Wildman–Crippen MR) is 99.3 cm³/mol. The number of aromatic nitrogens is 1. The molecule has 0 aliphatic rings. The van der Waals surface area contributed by atoms with E-state index in [0.717, 1.165) is 6.26 Å². The Labute approximate surface area is 155 Å². The van der Waals surface area contributed by atoms with Crippen LogP contribution in [0.4, 0.5) is 0 Å². The van der Waals surface area contributed by atoms with Crippen molar-refractivity contribution in [1.82, 2.24) is 10.3 Å². The fourth-order valence-electron chi connectivity index (χ4n) is 1.84. The van der Waals surface area contributed by atoms with Crippen molar-refractivity contribution in [2.75, 3.05) is 6.26 Å². The van der Waals surface area contributed by atoms with Gasteiger partial charge in [-0.3, -0.25) is 19.4 Å². The Balaban J connectivity index is 2.32. The Bertz CT molecular complexity index is 942. The van der Waals surface area contributed by atoms with E-state index < -0.39 is 22.0 Å². The zero-order chi connectivity index (χ0) is 19.2. The largest absolute Gasteiger partial charge is 0.367 e. The predicted octanol–water partition coefficient (Wildman–Crippen LogP) is 1.60. The normalized spacial score (nSPS) is 12.5. The van der Waals surface area contributed by atoms with Crippen LogP contribution < -0.4 is 11.1 Å². The molecule has 0 bridgehead atoms. The van der Waals surface area contributed by atoms with Gasteiger partial charge in [-0.15, -0.1) is 0 Å². The summed E-state index contributed by atoms with van der Waals surface area (Å²) in [6.45, 7) is 0. The summed E-state index contributed by atoms with van der Waals surface area (Å²) in [5.74, 6) is -1.13. The van der Waals surface area contributed by atoms with E-state index in [4.69, 9.17) is 17.3 Å². The number of carbonyl (C=O) groups is 1. The molecular weight excluding hydrogens is 380 g/mol. The summed E-state index contributed by atoms with van der Waals surface area (Å²) in [6.07, 6.45) is 5.47. The Morgan fingerprint density at radius 2 is 2.00 bits per heavy atom. The molecule has 0 unspecified atom stereocenters. The first kappa shape index (κ1) is 19.4. The van der Waals surface area contributed by atoms with Crippen LogP contribution in [0.3, 0.4) is 0 Å². The number of halogens is 1. The van der Waals surface area contributed by atoms with Crippen molar-refractivity contribution < 1.29 is 17.5 Å². The Hall–Kier alpha value is -2.91. The van der Waals surface area contributed by atoms with Gasteiger partial charge in [0.15, 0.2) is 0 Å². The second-order valence-electron chi connectivity index (χ2n) is 5.06. The highest BCUT2D eigenvalue weighted by Gasteiger charge is 2.14. The molecule has 0 aliphatic heterocycles. The van der Waals surface area contributed by atoms with Gasteiger partial charge >= 0.3 is 10.1 Å². The van der Waals surface area contributed by atoms with Crippen molar-refractivity contribution in [3.05, 3.63) is 64.9 Å². The Morgan fingerprint density at radius 1 is 1.31 bits per heavy atom. The number of carbonyl (C=O) groups excluding carboxylic acids is 1. The van der Waals surface area contributed by atoms with Crippen molar-refractivity contribution in [3.63, 3.8) is 0 Å². The zero-order valence-electron chi connectivity index (χ0n) is 13.6. The standard InChI is InChI=1S/C16H15ClN4O4S/c1-26(23,24)25-21-16(18)20-15(22)14(12-3-2-8-19-10-12)9-11-4-6-13(17)7-5-11/h2-10H,1H3,(H3,18,20,21,22)/b14-9+. The molecule has 10 heteroatoms. The number of amides is 1. The molecule has 0 saturated carbocycles. The summed E-state index contributed by atoms with van der Waals surface area (Å²) in [6, 6.07) is 10.2. The topological polar surface area (TPSA) is 124 Å². The van der Waals surface area contributed by atoms with Crippen LogP contribution in [0.5, 0.6) is 0 Å². The molecule has 0 aliphatic carbocycles. The maximum Gasteiger partial charge on any atom is 0.325 e. The summed E-state index contributed by atoms with van der Waals surface area (Å²) < 4.78 is 26.0. The van der Waals surface area contributed by atoms with Crippen LogP contribution in [0.1, 0.15) is 11.1 Å². The molecule has 0 fully saturated rings. The van der Waals surface area contributed by atoms with E-state index in [1.165, 1.54) is 6.20 Å². The highest BCUT2D eigenvalue weighted by Crippen LogP contribution is 2.19. The third-order valence-electron chi connectivity index (χ3n) is 2.91. The third kappa shape index (κ3) is 6.19. The number of pyridine rings is 1. The average Bonchev–Trinajstić information content (AvgIpc) is 2.59. The van der Waals surface area contributed by atoms with Gasteiger partial charge < -0.3 is 5.73 Å². The van der Waals surface area contributed by atoms with Gasteiger partial charge in [0.05, 0.1) is 6.26 Å². The maximum atomic E-state index is 12.6. The van der Waals surface area contributed by atoms with Gasteiger partial charge in [-0.05, 0) is 35.0 Å². The first-order valence-corrected chi connectivity index (χ1v) is 9.35. The zero-order valence-corrected chi connectivity index (χ0v) is 15.2. The lowest BCUT2D eigenvalue weighted by Gasteiger charge is -2.08. The van der Waals surface area contributed by atoms with Gasteiger partial charge in [0.25, 0.3) is 5.91 Å². The number of hydrogen-bond acceptors (Lipinski definition) is 6. The number of rotatable bonds is 5. The number of nitrogens with one attached hydrogen (secondary N) is 1. The molecule has 0 spiro atoms. The molecule has 8 nitrogen and oxygen atoms in total. The molecule has 1 aromatic heterocycles. The minimum atomic E-state index is -3.84. The number of guanidine groups is 1. The summed E-state index contributed by atoms with van der Waals surface area (Å²) in [4.78, 5) is 16.5. The first-order valence-electron chi connectivity index (χ1n) is 7.16. The number of nitrogens with two attached hydrogens (primary N) is 1. The van der Waals surface area contributed by atoms with E-state index in [1.54, 1.807) is 48.7 Å². The molecule has 3 N–H and O–H groups in total. The van der Waals surface area contributed by atoms with E-state index >= 15 is 0 Å². The van der Waals surface area contributed by atoms with Crippen LogP contribution in [0.25, 0.3) is 11.6 Å². The van der Waals surface area contributed by atoms with Crippen molar-refractivity contribution in [2.45, 2.75) is 0 Å². The van der Waals surface area contributed by atoms with E-state index in [0.29, 0.717) is 16.1 Å². The number of benzene rings is 1. The molecule has 0 atom stereocenters. The molecule has 1 heterocycles. The fraction of sp³-hybridized carbons (Fsp3) is 0.0625. The molecule has 136 valence electrons. The van der Waals surface area contributed by atoms with Crippen LogP contribution in [-0.2, 0) is 19.2 Å². The van der Waals surface area contributed by atoms with Crippen LogP contribution in [0.15, 0.2) is 53.9 Å². The molecule has 1 aromatic carbocycles. The monoisotopic (exact) mass is 394 g/mol. The van der Waals surface area contributed by atoms with Crippen LogP contribution in [-0.4, -0.2) is 31.5 Å². The number of nitrogens with zero attached hydrogens (tertiary/aromatic N) is 2. The summed E-state index contributed by atoms with van der Waals surface area (Å²) in [5, 5.41) is 5.96. The van der Waals surface area contributed by atoms with E-state index in [1.807, 2.05) is 0 Å². The minimum absolute atomic E-state index is 0.234. The third-order valence-corrected chi connectivity index (χ3v) is 3.51. The van der Waals surface area contributed by atoms with Crippen LogP contribution in [0.2, 0.25) is 5.02 Å². The van der Waals surface area contributed by atoms with Crippen LogP contribution in [0, 0.1) is 0 Å². The average molecular weight is 395 g/mol. The van der Waals surface area contributed by atoms with Crippen molar-refractivity contribution in [2.24, 2.45) is 10.9 Å². The molecule has 26 heavy (non-hydrogen) atoms. The van der Waals surface area contributed by atoms with E-state index in [2.05, 4.69) is 19.7 Å². The SMILES string of the molecule is CS(=O)(=O)ON=C(N)NC(=O)/C(=C/c1ccc(Cl)cc1)c1cccnc1. The van der Waals surface area contributed by atoms with E-state index in [9.17, 15) is 13.2 Å². The second-order valence-corrected chi connectivity index (χ2v) is 7.05. The minimum Gasteiger partial charge on any atom is -0.367 e. The molecule has 1 amide bonds. The Kier molecular flexibility index (Phi) is 6.31. The molecule has 2 aromatic rings. The fourth-order valence-corrected chi connectivity index (χ4v) is 2.18. The summed E-state index contributed by atoms with van der Waals surface area (Å²) >= 11 is 5.86. The van der Waals surface area contributed by atoms with Gasteiger partial charge in [0.2, 0.25) is 5.96 Å². The van der Waals surface area contributed by atoms with Gasteiger partial charge in [0.1, 0.15) is 0 Å². The van der Waals surface area contributed by atoms with E-state index in [-0.39, 0.29) is 5.57 Å². The Morgan fingerprint density at radius 3 is 2.58 bits per heavy atom. The van der Waals surface area contributed by atoms with Crippen molar-refractivity contribution in [1.29, 1.82) is 0 Å². The highest BCUT2D eigenvalue weighted by atomic mass is 35.5. The maximum absolute atomic E-state index is 12.6. The number of hydrogen-bond donors (Lipinski definition) is 2. The molecule has 0 saturated heterocycles. The van der Waals surface area contributed by atoms with Gasteiger partial charge in [-0.1, -0.05) is 29.8 Å². The summed E-state index contributed by atoms with van der Waals surface area (Å²) in [5.41, 5.74) is 6.95. The quantitative estimate of drug-likeness (QED) is 0.343.